The molecular formula is C26H27N5O2. The van der Waals surface area contributed by atoms with Gasteiger partial charge in [0.25, 0.3) is 5.91 Å². The maximum absolute atomic E-state index is 12.9. The van der Waals surface area contributed by atoms with Gasteiger partial charge in [-0.3, -0.25) is 19.5 Å². The van der Waals surface area contributed by atoms with Gasteiger partial charge < -0.3 is 15.2 Å². The number of pyridine rings is 1. The molecule has 0 bridgehead atoms. The van der Waals surface area contributed by atoms with Crippen LogP contribution in [0, 0.1) is 0 Å². The number of hydrogen-bond donors (Lipinski definition) is 2. The predicted octanol–water partition coefficient (Wildman–Crippen LogP) is 2.83. The van der Waals surface area contributed by atoms with Crippen molar-refractivity contribution in [1.29, 1.82) is 0 Å². The van der Waals surface area contributed by atoms with Crippen LogP contribution >= 0.6 is 0 Å². The first-order valence-electron chi connectivity index (χ1n) is 11.4. The molecule has 0 atom stereocenters. The van der Waals surface area contributed by atoms with E-state index in [-0.39, 0.29) is 11.8 Å². The molecule has 2 aromatic heterocycles. The maximum atomic E-state index is 12.9. The van der Waals surface area contributed by atoms with Crippen molar-refractivity contribution in [3.8, 4) is 0 Å². The molecule has 2 aromatic carbocycles. The van der Waals surface area contributed by atoms with Gasteiger partial charge in [-0.05, 0) is 30.2 Å². The minimum atomic E-state index is 0.0126. The normalized spacial score (nSPS) is 14.6. The number of carbonyl (C=O) groups excluding carboxylic acids is 2. The van der Waals surface area contributed by atoms with Gasteiger partial charge in [-0.2, -0.15) is 0 Å². The second-order valence-corrected chi connectivity index (χ2v) is 8.43. The monoisotopic (exact) mass is 441 g/mol. The first kappa shape index (κ1) is 21.2. The lowest BCUT2D eigenvalue weighted by molar-refractivity contribution is -0.122. The Morgan fingerprint density at radius 1 is 0.939 bits per heavy atom. The Morgan fingerprint density at radius 2 is 1.73 bits per heavy atom. The molecule has 3 heterocycles. The highest BCUT2D eigenvalue weighted by atomic mass is 16.2. The van der Waals surface area contributed by atoms with Crippen molar-refractivity contribution < 1.29 is 9.59 Å². The van der Waals surface area contributed by atoms with E-state index in [1.54, 1.807) is 6.20 Å². The van der Waals surface area contributed by atoms with Crippen LogP contribution < -0.4 is 5.32 Å². The average Bonchev–Trinajstić information content (AvgIpc) is 3.29. The van der Waals surface area contributed by atoms with Crippen molar-refractivity contribution in [2.45, 2.75) is 6.42 Å². The third-order valence-electron chi connectivity index (χ3n) is 6.22. The summed E-state index contributed by atoms with van der Waals surface area (Å²) in [7, 11) is 0. The topological polar surface area (TPSA) is 81.3 Å². The SMILES string of the molecule is O=C(CN1CCN(C(=O)c2cc3ccccc3[nH]2)CC1)NCCc1cccc2cccnc12. The number of carbonyl (C=O) groups is 2. The second-order valence-electron chi connectivity index (χ2n) is 8.43. The summed E-state index contributed by atoms with van der Waals surface area (Å²) in [6, 6.07) is 19.9. The zero-order chi connectivity index (χ0) is 22.6. The molecule has 0 spiro atoms. The lowest BCUT2D eigenvalue weighted by Gasteiger charge is -2.34. The van der Waals surface area contributed by atoms with E-state index in [4.69, 9.17) is 0 Å². The molecule has 7 heteroatoms. The number of H-pyrrole nitrogens is 1. The third kappa shape index (κ3) is 4.73. The zero-order valence-electron chi connectivity index (χ0n) is 18.5. The highest BCUT2D eigenvalue weighted by Gasteiger charge is 2.24. The number of piperazine rings is 1. The molecular weight excluding hydrogens is 414 g/mol. The van der Waals surface area contributed by atoms with Crippen molar-refractivity contribution in [2.75, 3.05) is 39.3 Å². The van der Waals surface area contributed by atoms with Crippen LogP contribution in [-0.2, 0) is 11.2 Å². The summed E-state index contributed by atoms with van der Waals surface area (Å²) >= 11 is 0. The second kappa shape index (κ2) is 9.42. The molecule has 0 saturated carbocycles. The van der Waals surface area contributed by atoms with Crippen molar-refractivity contribution in [3.05, 3.63) is 78.1 Å². The molecule has 2 amide bonds. The van der Waals surface area contributed by atoms with Crippen LogP contribution in [0.1, 0.15) is 16.1 Å². The van der Waals surface area contributed by atoms with Crippen LogP contribution in [0.5, 0.6) is 0 Å². The van der Waals surface area contributed by atoms with Gasteiger partial charge in [-0.1, -0.05) is 42.5 Å². The van der Waals surface area contributed by atoms with Crippen LogP contribution in [-0.4, -0.2) is 70.9 Å². The van der Waals surface area contributed by atoms with Gasteiger partial charge in [0.1, 0.15) is 5.69 Å². The molecule has 1 fully saturated rings. The van der Waals surface area contributed by atoms with Crippen molar-refractivity contribution >= 4 is 33.6 Å². The lowest BCUT2D eigenvalue weighted by atomic mass is 10.1. The number of hydrogen-bond acceptors (Lipinski definition) is 4. The Bertz CT molecular complexity index is 1250. The first-order chi connectivity index (χ1) is 16.2. The van der Waals surface area contributed by atoms with Crippen LogP contribution in [0.3, 0.4) is 0 Å². The minimum absolute atomic E-state index is 0.0126. The van der Waals surface area contributed by atoms with Gasteiger partial charge in [-0.25, -0.2) is 0 Å². The minimum Gasteiger partial charge on any atom is -0.355 e. The maximum Gasteiger partial charge on any atom is 0.270 e. The molecule has 33 heavy (non-hydrogen) atoms. The van der Waals surface area contributed by atoms with Crippen molar-refractivity contribution in [2.24, 2.45) is 0 Å². The Balaban J connectivity index is 1.08. The van der Waals surface area contributed by atoms with E-state index < -0.39 is 0 Å². The molecule has 168 valence electrons. The summed E-state index contributed by atoms with van der Waals surface area (Å²) < 4.78 is 0. The number of nitrogens with one attached hydrogen (secondary N) is 2. The molecule has 5 rings (SSSR count). The Kier molecular flexibility index (Phi) is 6.04. The van der Waals surface area contributed by atoms with Gasteiger partial charge in [0.05, 0.1) is 12.1 Å². The van der Waals surface area contributed by atoms with Gasteiger partial charge in [0.2, 0.25) is 5.91 Å². The number of aromatic amines is 1. The largest absolute Gasteiger partial charge is 0.355 e. The predicted molar refractivity (Wildman–Crippen MR) is 129 cm³/mol. The summed E-state index contributed by atoms with van der Waals surface area (Å²) in [4.78, 5) is 36.9. The highest BCUT2D eigenvalue weighted by molar-refractivity contribution is 5.98. The molecule has 2 N–H and O–H groups in total. The summed E-state index contributed by atoms with van der Waals surface area (Å²) in [5, 5.41) is 5.17. The number of rotatable bonds is 6. The fraction of sp³-hybridized carbons (Fsp3) is 0.269. The molecule has 1 saturated heterocycles. The third-order valence-corrected chi connectivity index (χ3v) is 6.22. The molecule has 1 aliphatic heterocycles. The summed E-state index contributed by atoms with van der Waals surface area (Å²) in [5.74, 6) is 0.0255. The number of benzene rings is 2. The van der Waals surface area contributed by atoms with Crippen LogP contribution in [0.25, 0.3) is 21.8 Å². The van der Waals surface area contributed by atoms with Gasteiger partial charge in [-0.15, -0.1) is 0 Å². The van der Waals surface area contributed by atoms with E-state index in [0.29, 0.717) is 45.0 Å². The average molecular weight is 442 g/mol. The Hall–Kier alpha value is -3.71. The Labute approximate surface area is 192 Å². The molecule has 4 aromatic rings. The van der Waals surface area contributed by atoms with E-state index >= 15 is 0 Å². The lowest BCUT2D eigenvalue weighted by Crippen LogP contribution is -2.51. The summed E-state index contributed by atoms with van der Waals surface area (Å²) in [5.41, 5.74) is 3.71. The van der Waals surface area contributed by atoms with Crippen molar-refractivity contribution in [3.63, 3.8) is 0 Å². The fourth-order valence-electron chi connectivity index (χ4n) is 4.43. The van der Waals surface area contributed by atoms with Gasteiger partial charge >= 0.3 is 0 Å². The zero-order valence-corrected chi connectivity index (χ0v) is 18.5. The summed E-state index contributed by atoms with van der Waals surface area (Å²) in [6.45, 7) is 3.53. The molecule has 0 unspecified atom stereocenters. The number of fused-ring (bicyclic) bond motifs is 2. The van der Waals surface area contributed by atoms with Crippen LogP contribution in [0.4, 0.5) is 0 Å². The molecule has 1 aliphatic rings. The molecule has 0 aliphatic carbocycles. The van der Waals surface area contributed by atoms with Gasteiger partial charge in [0.15, 0.2) is 0 Å². The molecule has 0 radical (unpaired) electrons. The number of para-hydroxylation sites is 2. The first-order valence-corrected chi connectivity index (χ1v) is 11.4. The van der Waals surface area contributed by atoms with E-state index in [1.807, 2.05) is 59.5 Å². The summed E-state index contributed by atoms with van der Waals surface area (Å²) in [6.07, 6.45) is 2.54. The van der Waals surface area contributed by atoms with E-state index in [2.05, 4.69) is 26.3 Å². The van der Waals surface area contributed by atoms with Crippen molar-refractivity contribution in [1.82, 2.24) is 25.1 Å². The van der Waals surface area contributed by atoms with E-state index in [1.165, 1.54) is 0 Å². The number of amides is 2. The number of nitrogens with zero attached hydrogens (tertiary/aromatic N) is 3. The van der Waals surface area contributed by atoms with E-state index in [0.717, 1.165) is 33.8 Å². The highest BCUT2D eigenvalue weighted by Crippen LogP contribution is 2.17. The number of aromatic nitrogens is 2. The fourth-order valence-corrected chi connectivity index (χ4v) is 4.43. The quantitative estimate of drug-likeness (QED) is 0.482. The Morgan fingerprint density at radius 3 is 2.58 bits per heavy atom. The van der Waals surface area contributed by atoms with E-state index in [9.17, 15) is 9.59 Å². The standard InChI is InChI=1S/C26H27N5O2/c32-24(27-12-10-20-7-3-6-19-8-4-11-28-25(19)20)18-30-13-15-31(16-14-30)26(33)23-17-21-5-1-2-9-22(21)29-23/h1-9,11,17,29H,10,12-16,18H2,(H,27,32). The molecule has 7 nitrogen and oxygen atoms in total. The van der Waals surface area contributed by atoms with Crippen LogP contribution in [0.15, 0.2) is 66.9 Å². The smallest absolute Gasteiger partial charge is 0.270 e. The van der Waals surface area contributed by atoms with Crippen LogP contribution in [0.2, 0.25) is 0 Å². The van der Waals surface area contributed by atoms with Gasteiger partial charge in [0, 0.05) is 55.2 Å².